The van der Waals surface area contributed by atoms with Crippen molar-refractivity contribution in [3.8, 4) is 22.3 Å². The maximum atomic E-state index is 6.50. The average Bonchev–Trinajstić information content (AvgIpc) is 3.84. The molecule has 2 aromatic heterocycles. The Morgan fingerprint density at radius 2 is 1.07 bits per heavy atom. The molecule has 0 radical (unpaired) electrons. The van der Waals surface area contributed by atoms with Gasteiger partial charge >= 0.3 is 0 Å². The summed E-state index contributed by atoms with van der Waals surface area (Å²) in [7, 11) is 0. The highest BCUT2D eigenvalue weighted by atomic mass is 16.3. The summed E-state index contributed by atoms with van der Waals surface area (Å²) in [6.45, 7) is 7.72. The monoisotopic (exact) mass is 731 g/mol. The summed E-state index contributed by atoms with van der Waals surface area (Å²) in [5.41, 5.74) is 13.4. The SMILES string of the molecule is C=C/C=C\c1ccc(-c2ccc(N(c3ccc4oc5ccccc5c4c3)c3ccccc3-c3ccc4oc5c6ccccc6ccc5c4c3)cc2)cc1/C=C\C=C. The Hall–Kier alpha value is -7.62. The average molecular weight is 732 g/mol. The molecule has 0 amide bonds. The van der Waals surface area contributed by atoms with Gasteiger partial charge in [-0.05, 0) is 99.9 Å². The second-order valence-electron chi connectivity index (χ2n) is 14.2. The van der Waals surface area contributed by atoms with E-state index in [1.807, 2.05) is 24.3 Å². The predicted octanol–water partition coefficient (Wildman–Crippen LogP) is 15.8. The lowest BCUT2D eigenvalue weighted by Gasteiger charge is -2.28. The molecule has 57 heavy (non-hydrogen) atoms. The van der Waals surface area contributed by atoms with Gasteiger partial charge in [-0.2, -0.15) is 0 Å². The first-order valence-corrected chi connectivity index (χ1v) is 19.1. The van der Waals surface area contributed by atoms with Crippen molar-refractivity contribution >= 4 is 83.9 Å². The normalized spacial score (nSPS) is 11.9. The quantitative estimate of drug-likeness (QED) is 0.138. The molecular formula is C54H37NO2. The van der Waals surface area contributed by atoms with Gasteiger partial charge in [-0.25, -0.2) is 0 Å². The molecule has 0 atom stereocenters. The van der Waals surface area contributed by atoms with Crippen LogP contribution in [0.2, 0.25) is 0 Å². The highest BCUT2D eigenvalue weighted by Gasteiger charge is 2.20. The zero-order chi connectivity index (χ0) is 38.3. The standard InChI is InChI=1S/C54H37NO2/c1-3-5-13-36-21-22-40(33-39(36)14-6-4-2)37-23-27-42(28-24-37)55(43-29-32-52-49(35-43)46-18-10-12-20-51(46)56-52)50-19-11-9-16-44(50)41-26-31-53-48(34-41)47-30-25-38-15-7-8-17-45(38)54(47)57-53/h3-35H,1-2H2/b13-5-,14-6-. The zero-order valence-electron chi connectivity index (χ0n) is 31.2. The van der Waals surface area contributed by atoms with Crippen LogP contribution in [-0.4, -0.2) is 0 Å². The van der Waals surface area contributed by atoms with Crippen molar-refractivity contribution < 1.29 is 8.83 Å². The van der Waals surface area contributed by atoms with Gasteiger partial charge in [0.2, 0.25) is 0 Å². The van der Waals surface area contributed by atoms with E-state index >= 15 is 0 Å². The molecule has 3 nitrogen and oxygen atoms in total. The number of rotatable bonds is 9. The maximum Gasteiger partial charge on any atom is 0.143 e. The molecule has 0 aliphatic carbocycles. The van der Waals surface area contributed by atoms with Crippen molar-refractivity contribution in [1.82, 2.24) is 0 Å². The highest BCUT2D eigenvalue weighted by molar-refractivity contribution is 6.16. The number of fused-ring (bicyclic) bond motifs is 8. The van der Waals surface area contributed by atoms with Gasteiger partial charge < -0.3 is 13.7 Å². The molecule has 0 spiro atoms. The fourth-order valence-electron chi connectivity index (χ4n) is 8.06. The van der Waals surface area contributed by atoms with Gasteiger partial charge in [-0.1, -0.05) is 147 Å². The van der Waals surface area contributed by atoms with Crippen LogP contribution in [0.25, 0.3) is 89.1 Å². The minimum absolute atomic E-state index is 0.862. The Kier molecular flexibility index (Phi) is 8.46. The molecule has 0 aliphatic rings. The van der Waals surface area contributed by atoms with Gasteiger partial charge in [0.25, 0.3) is 0 Å². The van der Waals surface area contributed by atoms with Crippen LogP contribution in [0.1, 0.15) is 11.1 Å². The first kappa shape index (κ1) is 33.9. The van der Waals surface area contributed by atoms with Crippen LogP contribution in [0.5, 0.6) is 0 Å². The molecule has 0 aliphatic heterocycles. The molecule has 0 fully saturated rings. The lowest BCUT2D eigenvalue weighted by Crippen LogP contribution is -2.11. The molecular weight excluding hydrogens is 695 g/mol. The van der Waals surface area contributed by atoms with Crippen LogP contribution < -0.4 is 4.90 Å². The third kappa shape index (κ3) is 6.03. The number of benzene rings is 8. The molecule has 8 aromatic carbocycles. The van der Waals surface area contributed by atoms with Crippen LogP contribution in [0, 0.1) is 0 Å². The Bertz CT molecular complexity index is 3230. The number of allylic oxidation sites excluding steroid dienone is 4. The molecule has 270 valence electrons. The largest absolute Gasteiger partial charge is 0.456 e. The third-order valence-corrected chi connectivity index (χ3v) is 10.8. The van der Waals surface area contributed by atoms with Crippen molar-refractivity contribution in [1.29, 1.82) is 0 Å². The number of hydrogen-bond acceptors (Lipinski definition) is 3. The maximum absolute atomic E-state index is 6.50. The zero-order valence-corrected chi connectivity index (χ0v) is 31.2. The van der Waals surface area contributed by atoms with E-state index in [9.17, 15) is 0 Å². The molecule has 3 heteroatoms. The molecule has 0 saturated heterocycles. The van der Waals surface area contributed by atoms with Crippen LogP contribution in [0.4, 0.5) is 17.1 Å². The minimum atomic E-state index is 0.862. The van der Waals surface area contributed by atoms with Crippen LogP contribution >= 0.6 is 0 Å². The van der Waals surface area contributed by atoms with E-state index < -0.39 is 0 Å². The van der Waals surface area contributed by atoms with Crippen molar-refractivity contribution in [2.45, 2.75) is 0 Å². The van der Waals surface area contributed by atoms with E-state index in [0.717, 1.165) is 99.7 Å². The predicted molar refractivity (Wildman–Crippen MR) is 243 cm³/mol. The first-order chi connectivity index (χ1) is 28.2. The first-order valence-electron chi connectivity index (χ1n) is 19.1. The van der Waals surface area contributed by atoms with E-state index in [2.05, 4.69) is 182 Å². The van der Waals surface area contributed by atoms with Crippen molar-refractivity contribution in [3.05, 3.63) is 212 Å². The van der Waals surface area contributed by atoms with Crippen molar-refractivity contribution in [3.63, 3.8) is 0 Å². The Labute approximate surface area is 331 Å². The smallest absolute Gasteiger partial charge is 0.143 e. The second kappa shape index (κ2) is 14.2. The molecule has 0 bridgehead atoms. The van der Waals surface area contributed by atoms with Gasteiger partial charge in [0, 0.05) is 43.9 Å². The van der Waals surface area contributed by atoms with Gasteiger partial charge in [-0.3, -0.25) is 0 Å². The van der Waals surface area contributed by atoms with Crippen LogP contribution in [0.3, 0.4) is 0 Å². The topological polar surface area (TPSA) is 29.5 Å². The van der Waals surface area contributed by atoms with Crippen molar-refractivity contribution in [2.75, 3.05) is 4.90 Å². The van der Waals surface area contributed by atoms with E-state index in [-0.39, 0.29) is 0 Å². The minimum Gasteiger partial charge on any atom is -0.456 e. The third-order valence-electron chi connectivity index (χ3n) is 10.8. The number of para-hydroxylation sites is 2. The van der Waals surface area contributed by atoms with Gasteiger partial charge in [0.1, 0.15) is 22.3 Å². The summed E-state index contributed by atoms with van der Waals surface area (Å²) in [6.07, 6.45) is 11.7. The summed E-state index contributed by atoms with van der Waals surface area (Å²) in [6, 6.07) is 58.1. The highest BCUT2D eigenvalue weighted by Crippen LogP contribution is 2.44. The number of nitrogens with zero attached hydrogens (tertiary/aromatic N) is 1. The summed E-state index contributed by atoms with van der Waals surface area (Å²) in [5, 5.41) is 6.66. The van der Waals surface area contributed by atoms with Gasteiger partial charge in [-0.15, -0.1) is 0 Å². The van der Waals surface area contributed by atoms with Gasteiger partial charge in [0.05, 0.1) is 5.69 Å². The van der Waals surface area contributed by atoms with E-state index in [0.29, 0.717) is 0 Å². The Balaban J connectivity index is 1.13. The summed E-state index contributed by atoms with van der Waals surface area (Å²) in [5.74, 6) is 0. The lowest BCUT2D eigenvalue weighted by molar-refractivity contribution is 0.669. The Morgan fingerprint density at radius 1 is 0.421 bits per heavy atom. The molecule has 0 unspecified atom stereocenters. The van der Waals surface area contributed by atoms with E-state index in [1.54, 1.807) is 12.2 Å². The van der Waals surface area contributed by atoms with Crippen LogP contribution in [-0.2, 0) is 0 Å². The fourth-order valence-corrected chi connectivity index (χ4v) is 8.06. The molecule has 0 saturated carbocycles. The Morgan fingerprint density at radius 3 is 1.93 bits per heavy atom. The molecule has 10 rings (SSSR count). The molecule has 10 aromatic rings. The molecule has 0 N–H and O–H groups in total. The van der Waals surface area contributed by atoms with Gasteiger partial charge in [0.15, 0.2) is 0 Å². The summed E-state index contributed by atoms with van der Waals surface area (Å²) < 4.78 is 12.8. The fraction of sp³-hybridized carbons (Fsp3) is 0. The summed E-state index contributed by atoms with van der Waals surface area (Å²) in [4.78, 5) is 2.35. The van der Waals surface area contributed by atoms with Crippen molar-refractivity contribution in [2.24, 2.45) is 0 Å². The van der Waals surface area contributed by atoms with E-state index in [1.165, 1.54) is 5.39 Å². The van der Waals surface area contributed by atoms with Crippen LogP contribution in [0.15, 0.2) is 210 Å². The van der Waals surface area contributed by atoms with E-state index in [4.69, 9.17) is 8.83 Å². The number of hydrogen-bond donors (Lipinski definition) is 0. The second-order valence-corrected chi connectivity index (χ2v) is 14.2. The number of anilines is 3. The number of furan rings is 2. The lowest BCUT2D eigenvalue weighted by atomic mass is 9.97. The molecule has 2 heterocycles. The summed E-state index contributed by atoms with van der Waals surface area (Å²) >= 11 is 0.